The van der Waals surface area contributed by atoms with Crippen LogP contribution in [0.3, 0.4) is 0 Å². The van der Waals surface area contributed by atoms with Crippen molar-refractivity contribution in [3.8, 4) is 5.69 Å². The monoisotopic (exact) mass is 215 g/mol. The van der Waals surface area contributed by atoms with E-state index in [1.165, 1.54) is 0 Å². The van der Waals surface area contributed by atoms with Gasteiger partial charge in [-0.25, -0.2) is 0 Å². The average Bonchev–Trinajstić information content (AvgIpc) is 2.31. The van der Waals surface area contributed by atoms with Crippen LogP contribution in [-0.2, 0) is 0 Å². The molecular weight excluding hydrogens is 202 g/mol. The molecule has 0 aliphatic carbocycles. The first-order valence-electron chi connectivity index (χ1n) is 5.05. The molecule has 0 atom stereocenters. The summed E-state index contributed by atoms with van der Waals surface area (Å²) in [7, 11) is 1.73. The van der Waals surface area contributed by atoms with Crippen molar-refractivity contribution < 1.29 is 0 Å². The second-order valence-corrected chi connectivity index (χ2v) is 3.50. The first-order valence-corrected chi connectivity index (χ1v) is 5.05. The molecule has 2 heterocycles. The van der Waals surface area contributed by atoms with Crippen molar-refractivity contribution in [1.29, 1.82) is 0 Å². The quantitative estimate of drug-likeness (QED) is 0.827. The molecule has 0 saturated carbocycles. The molecule has 0 amide bonds. The Hall–Kier alpha value is -2.10. The lowest BCUT2D eigenvalue weighted by Gasteiger charge is -2.07. The third-order valence-electron chi connectivity index (χ3n) is 2.39. The number of nitrogens with one attached hydrogen (secondary N) is 1. The second-order valence-electron chi connectivity index (χ2n) is 3.50. The molecular formula is C12H13N3O. The van der Waals surface area contributed by atoms with Crippen molar-refractivity contribution in [2.45, 2.75) is 6.92 Å². The van der Waals surface area contributed by atoms with Crippen LogP contribution >= 0.6 is 0 Å². The highest BCUT2D eigenvalue weighted by molar-refractivity contribution is 5.43. The molecule has 2 aromatic rings. The lowest BCUT2D eigenvalue weighted by atomic mass is 10.3. The van der Waals surface area contributed by atoms with Crippen LogP contribution in [0.2, 0.25) is 0 Å². The fourth-order valence-electron chi connectivity index (χ4n) is 1.49. The molecule has 0 spiro atoms. The fourth-order valence-corrected chi connectivity index (χ4v) is 1.49. The first kappa shape index (κ1) is 10.4. The van der Waals surface area contributed by atoms with E-state index in [0.29, 0.717) is 5.69 Å². The number of aryl methyl sites for hydroxylation is 1. The van der Waals surface area contributed by atoms with E-state index in [1.807, 2.05) is 25.1 Å². The van der Waals surface area contributed by atoms with Gasteiger partial charge in [-0.15, -0.1) is 0 Å². The van der Waals surface area contributed by atoms with E-state index in [9.17, 15) is 4.79 Å². The standard InChI is InChI=1S/C12H13N3O/c1-9-5-6-10(8-14-9)15-7-3-4-11(13-2)12(15)16/h3-8,13H,1-2H3. The van der Waals surface area contributed by atoms with Gasteiger partial charge < -0.3 is 5.32 Å². The van der Waals surface area contributed by atoms with Gasteiger partial charge in [-0.3, -0.25) is 14.3 Å². The summed E-state index contributed by atoms with van der Waals surface area (Å²) in [5.41, 5.74) is 2.20. The first-order chi connectivity index (χ1) is 7.72. The van der Waals surface area contributed by atoms with Gasteiger partial charge in [-0.1, -0.05) is 0 Å². The Balaban J connectivity index is 2.56. The van der Waals surface area contributed by atoms with Crippen molar-refractivity contribution in [1.82, 2.24) is 9.55 Å². The molecule has 2 rings (SSSR count). The van der Waals surface area contributed by atoms with E-state index in [4.69, 9.17) is 0 Å². The summed E-state index contributed by atoms with van der Waals surface area (Å²) < 4.78 is 1.57. The molecule has 0 unspecified atom stereocenters. The van der Waals surface area contributed by atoms with E-state index in [1.54, 1.807) is 30.1 Å². The molecule has 1 N–H and O–H groups in total. The zero-order valence-corrected chi connectivity index (χ0v) is 9.27. The summed E-state index contributed by atoms with van der Waals surface area (Å²) in [5.74, 6) is 0. The topological polar surface area (TPSA) is 46.9 Å². The minimum Gasteiger partial charge on any atom is -0.384 e. The third kappa shape index (κ3) is 1.82. The van der Waals surface area contributed by atoms with Gasteiger partial charge >= 0.3 is 0 Å². The summed E-state index contributed by atoms with van der Waals surface area (Å²) in [5, 5.41) is 2.86. The lowest BCUT2D eigenvalue weighted by Crippen LogP contribution is -2.20. The van der Waals surface area contributed by atoms with Crippen molar-refractivity contribution in [2.24, 2.45) is 0 Å². The van der Waals surface area contributed by atoms with Gasteiger partial charge in [0.1, 0.15) is 5.69 Å². The van der Waals surface area contributed by atoms with E-state index < -0.39 is 0 Å². The largest absolute Gasteiger partial charge is 0.384 e. The predicted octanol–water partition coefficient (Wildman–Crippen LogP) is 1.58. The highest BCUT2D eigenvalue weighted by Gasteiger charge is 2.02. The zero-order valence-electron chi connectivity index (χ0n) is 9.27. The molecule has 82 valence electrons. The van der Waals surface area contributed by atoms with Gasteiger partial charge in [-0.2, -0.15) is 0 Å². The normalized spacial score (nSPS) is 10.1. The van der Waals surface area contributed by atoms with Crippen LogP contribution in [0.1, 0.15) is 5.69 Å². The molecule has 0 aromatic carbocycles. The molecule has 0 radical (unpaired) electrons. The van der Waals surface area contributed by atoms with Crippen LogP contribution in [0.4, 0.5) is 5.69 Å². The minimum atomic E-state index is -0.0735. The van der Waals surface area contributed by atoms with Gasteiger partial charge in [0.2, 0.25) is 0 Å². The van der Waals surface area contributed by atoms with Gasteiger partial charge in [0.15, 0.2) is 0 Å². The maximum absolute atomic E-state index is 12.0. The van der Waals surface area contributed by atoms with Crippen LogP contribution in [0.15, 0.2) is 41.5 Å². The van der Waals surface area contributed by atoms with Crippen molar-refractivity contribution in [2.75, 3.05) is 12.4 Å². The van der Waals surface area contributed by atoms with Gasteiger partial charge in [0.25, 0.3) is 5.56 Å². The van der Waals surface area contributed by atoms with Crippen LogP contribution in [0, 0.1) is 6.92 Å². The fraction of sp³-hybridized carbons (Fsp3) is 0.167. The summed E-state index contributed by atoms with van der Waals surface area (Å²) in [6, 6.07) is 7.34. The van der Waals surface area contributed by atoms with Crippen molar-refractivity contribution in [3.05, 3.63) is 52.7 Å². The Morgan fingerprint density at radius 1 is 1.31 bits per heavy atom. The molecule has 0 fully saturated rings. The smallest absolute Gasteiger partial charge is 0.278 e. The number of anilines is 1. The average molecular weight is 215 g/mol. The SMILES string of the molecule is CNc1cccn(-c2ccc(C)nc2)c1=O. The highest BCUT2D eigenvalue weighted by atomic mass is 16.1. The van der Waals surface area contributed by atoms with Crippen LogP contribution in [-0.4, -0.2) is 16.6 Å². The number of hydrogen-bond donors (Lipinski definition) is 1. The van der Waals surface area contributed by atoms with Crippen LogP contribution < -0.4 is 10.9 Å². The predicted molar refractivity (Wildman–Crippen MR) is 64.1 cm³/mol. The Labute approximate surface area is 93.6 Å². The van der Waals surface area contributed by atoms with Crippen LogP contribution in [0.5, 0.6) is 0 Å². The maximum Gasteiger partial charge on any atom is 0.278 e. The Morgan fingerprint density at radius 3 is 2.75 bits per heavy atom. The van der Waals surface area contributed by atoms with Crippen LogP contribution in [0.25, 0.3) is 5.69 Å². The lowest BCUT2D eigenvalue weighted by molar-refractivity contribution is 0.973. The van der Waals surface area contributed by atoms with E-state index in [2.05, 4.69) is 10.3 Å². The maximum atomic E-state index is 12.0. The van der Waals surface area contributed by atoms with Gasteiger partial charge in [0, 0.05) is 18.9 Å². The molecule has 2 aromatic heterocycles. The number of pyridine rings is 2. The highest BCUT2D eigenvalue weighted by Crippen LogP contribution is 2.06. The van der Waals surface area contributed by atoms with E-state index >= 15 is 0 Å². The molecule has 0 bridgehead atoms. The Bertz CT molecular complexity index is 543. The summed E-state index contributed by atoms with van der Waals surface area (Å²) in [6.45, 7) is 1.91. The minimum absolute atomic E-state index is 0.0735. The van der Waals surface area contributed by atoms with Gasteiger partial charge in [-0.05, 0) is 31.2 Å². The summed E-state index contributed by atoms with van der Waals surface area (Å²) in [4.78, 5) is 16.1. The zero-order chi connectivity index (χ0) is 11.5. The third-order valence-corrected chi connectivity index (χ3v) is 2.39. The van der Waals surface area contributed by atoms with E-state index in [-0.39, 0.29) is 5.56 Å². The Kier molecular flexibility index (Phi) is 2.72. The number of hydrogen-bond acceptors (Lipinski definition) is 3. The van der Waals surface area contributed by atoms with E-state index in [0.717, 1.165) is 11.4 Å². The number of rotatable bonds is 2. The summed E-state index contributed by atoms with van der Waals surface area (Å²) in [6.07, 6.45) is 3.42. The molecule has 0 saturated heterocycles. The Morgan fingerprint density at radius 2 is 2.12 bits per heavy atom. The summed E-state index contributed by atoms with van der Waals surface area (Å²) >= 11 is 0. The van der Waals surface area contributed by atoms with Crippen molar-refractivity contribution >= 4 is 5.69 Å². The molecule has 0 aliphatic heterocycles. The molecule has 4 nitrogen and oxygen atoms in total. The number of aromatic nitrogens is 2. The van der Waals surface area contributed by atoms with Crippen molar-refractivity contribution in [3.63, 3.8) is 0 Å². The van der Waals surface area contributed by atoms with Gasteiger partial charge in [0.05, 0.1) is 11.9 Å². The number of nitrogens with zero attached hydrogens (tertiary/aromatic N) is 2. The molecule has 0 aliphatic rings. The second kappa shape index (κ2) is 4.18. The molecule has 16 heavy (non-hydrogen) atoms. The molecule has 4 heteroatoms.